The summed E-state index contributed by atoms with van der Waals surface area (Å²) in [6, 6.07) is 1.75. The maximum Gasteiger partial charge on any atom is 0.309 e. The van der Waals surface area contributed by atoms with E-state index in [9.17, 15) is 24.9 Å². The highest BCUT2D eigenvalue weighted by Gasteiger charge is 2.44. The largest absolute Gasteiger partial charge is 0.504 e. The van der Waals surface area contributed by atoms with Gasteiger partial charge in [-0.05, 0) is 88.8 Å². The summed E-state index contributed by atoms with van der Waals surface area (Å²) >= 11 is 0. The lowest BCUT2D eigenvalue weighted by Crippen LogP contribution is -2.23. The number of ether oxygens (including phenoxy) is 1. The van der Waals surface area contributed by atoms with Crippen LogP contribution in [0.2, 0.25) is 0 Å². The van der Waals surface area contributed by atoms with Gasteiger partial charge in [-0.3, -0.25) is 9.59 Å². The Morgan fingerprint density at radius 3 is 2.00 bits per heavy atom. The van der Waals surface area contributed by atoms with Crippen molar-refractivity contribution >= 4 is 12.4 Å². The molecule has 1 aromatic rings. The van der Waals surface area contributed by atoms with Crippen molar-refractivity contribution in [3.63, 3.8) is 0 Å². The number of aromatic hydroxyl groups is 3. The molecule has 1 fully saturated rings. The number of unbranched alkanes of at least 4 members (excludes halogenated alkanes) is 4. The number of carbonyl (C=O) groups excluding carboxylic acids is 1. The maximum absolute atomic E-state index is 11.2. The van der Waals surface area contributed by atoms with E-state index in [0.717, 1.165) is 57.8 Å². The number of benzene rings is 1. The molecule has 0 aliphatic heterocycles. The van der Waals surface area contributed by atoms with Crippen molar-refractivity contribution in [1.82, 2.24) is 0 Å². The molecule has 0 heterocycles. The number of hydrogen-bond acceptors (Lipinski definition) is 6. The molecule has 1 aromatic carbocycles. The van der Waals surface area contributed by atoms with Gasteiger partial charge in [0.05, 0.1) is 5.41 Å². The van der Waals surface area contributed by atoms with Crippen molar-refractivity contribution in [2.24, 2.45) is 5.41 Å². The summed E-state index contributed by atoms with van der Waals surface area (Å²) in [4.78, 5) is 21.7. The third-order valence-corrected chi connectivity index (χ3v) is 6.42. The van der Waals surface area contributed by atoms with Crippen molar-refractivity contribution in [1.29, 1.82) is 0 Å². The number of carboxylic acids is 1. The number of carboxylic acid groups (broad SMARTS) is 1. The van der Waals surface area contributed by atoms with Gasteiger partial charge in [-0.15, -0.1) is 0 Å². The Hall–Kier alpha value is -2.44. The zero-order valence-corrected chi connectivity index (χ0v) is 18.7. The molecule has 1 aliphatic rings. The number of hydrogen-bond donors (Lipinski definition) is 4. The van der Waals surface area contributed by atoms with Gasteiger partial charge in [0.1, 0.15) is 5.60 Å². The quantitative estimate of drug-likeness (QED) is 0.176. The Bertz CT molecular complexity index is 766. The minimum Gasteiger partial charge on any atom is -0.504 e. The van der Waals surface area contributed by atoms with Crippen LogP contribution in [0.1, 0.15) is 89.2 Å². The third-order valence-electron chi connectivity index (χ3n) is 6.42. The first-order valence-corrected chi connectivity index (χ1v) is 11.2. The summed E-state index contributed by atoms with van der Waals surface area (Å²) in [5.74, 6) is -1.83. The van der Waals surface area contributed by atoms with Crippen molar-refractivity contribution in [2.75, 3.05) is 0 Å². The summed E-state index contributed by atoms with van der Waals surface area (Å²) in [6.07, 6.45) is 9.42. The van der Waals surface area contributed by atoms with E-state index in [0.29, 0.717) is 36.9 Å². The van der Waals surface area contributed by atoms with Crippen LogP contribution in [0.15, 0.2) is 6.07 Å². The number of rotatable bonds is 15. The van der Waals surface area contributed by atoms with Gasteiger partial charge in [0.2, 0.25) is 5.75 Å². The van der Waals surface area contributed by atoms with Crippen molar-refractivity contribution in [3.05, 3.63) is 17.2 Å². The molecule has 1 saturated carbocycles. The predicted molar refractivity (Wildman–Crippen MR) is 116 cm³/mol. The fourth-order valence-corrected chi connectivity index (χ4v) is 3.92. The average molecular weight is 437 g/mol. The zero-order chi connectivity index (χ0) is 23.1. The number of phenolic OH excluding ortho intramolecular Hbond substituents is 3. The van der Waals surface area contributed by atoms with Gasteiger partial charge in [-0.25, -0.2) is 0 Å². The molecule has 0 bridgehead atoms. The highest BCUT2D eigenvalue weighted by atomic mass is 16.5. The van der Waals surface area contributed by atoms with Crippen LogP contribution in [0.3, 0.4) is 0 Å². The van der Waals surface area contributed by atoms with Crippen LogP contribution >= 0.6 is 0 Å². The molecule has 174 valence electrons. The standard InChI is InChI=1S/C24H36O7/c1-23(2,22(29)30)11-7-3-5-9-17-15-18(20(27)21(28)19(17)26)10-6-4-8-12-24(13-14-24)31-16-25/h15-16,26-28H,3-14H2,1-2H3,(H,29,30). The second kappa shape index (κ2) is 10.7. The van der Waals surface area contributed by atoms with Gasteiger partial charge < -0.3 is 25.2 Å². The van der Waals surface area contributed by atoms with Gasteiger partial charge in [-0.1, -0.05) is 19.3 Å². The fraction of sp³-hybridized carbons (Fsp3) is 0.667. The zero-order valence-electron chi connectivity index (χ0n) is 18.7. The van der Waals surface area contributed by atoms with Crippen molar-refractivity contribution < 1.29 is 34.8 Å². The molecule has 2 rings (SSSR count). The van der Waals surface area contributed by atoms with Gasteiger partial charge in [0.25, 0.3) is 6.47 Å². The Morgan fingerprint density at radius 2 is 1.52 bits per heavy atom. The molecule has 0 saturated heterocycles. The summed E-state index contributed by atoms with van der Waals surface area (Å²) in [7, 11) is 0. The molecule has 0 aromatic heterocycles. The van der Waals surface area contributed by atoms with E-state index in [1.54, 1.807) is 19.9 Å². The van der Waals surface area contributed by atoms with Crippen LogP contribution < -0.4 is 0 Å². The maximum atomic E-state index is 11.2. The minimum atomic E-state index is -0.804. The molecule has 0 spiro atoms. The normalized spacial score (nSPS) is 14.9. The smallest absolute Gasteiger partial charge is 0.309 e. The van der Waals surface area contributed by atoms with Crippen LogP contribution in [-0.4, -0.2) is 38.5 Å². The second-order valence-electron chi connectivity index (χ2n) is 9.45. The molecule has 7 nitrogen and oxygen atoms in total. The van der Waals surface area contributed by atoms with Crippen molar-refractivity contribution in [2.45, 2.75) is 96.5 Å². The molecular weight excluding hydrogens is 400 g/mol. The molecule has 0 atom stereocenters. The van der Waals surface area contributed by atoms with Gasteiger partial charge in [0, 0.05) is 0 Å². The number of aryl methyl sites for hydroxylation is 2. The lowest BCUT2D eigenvalue weighted by molar-refractivity contribution is -0.147. The Kier molecular flexibility index (Phi) is 8.60. The minimum absolute atomic E-state index is 0.243. The number of aliphatic carboxylic acids is 1. The second-order valence-corrected chi connectivity index (χ2v) is 9.45. The van der Waals surface area contributed by atoms with E-state index in [4.69, 9.17) is 9.84 Å². The lowest BCUT2D eigenvalue weighted by atomic mass is 9.87. The highest BCUT2D eigenvalue weighted by molar-refractivity contribution is 5.73. The SMILES string of the molecule is CC(C)(CCCCCc1cc(CCCCCC2(OC=O)CC2)c(O)c(O)c1O)C(=O)O. The molecular formula is C24H36O7. The summed E-state index contributed by atoms with van der Waals surface area (Å²) in [6.45, 7) is 3.95. The van der Waals surface area contributed by atoms with Crippen LogP contribution in [0.25, 0.3) is 0 Å². The van der Waals surface area contributed by atoms with Gasteiger partial charge >= 0.3 is 5.97 Å². The monoisotopic (exact) mass is 436 g/mol. The van der Waals surface area contributed by atoms with Gasteiger partial charge in [0.15, 0.2) is 11.5 Å². The average Bonchev–Trinajstić information content (AvgIpc) is 3.48. The molecule has 0 amide bonds. The van der Waals surface area contributed by atoms with Crippen LogP contribution in [0.5, 0.6) is 17.2 Å². The molecule has 0 unspecified atom stereocenters. The van der Waals surface area contributed by atoms with E-state index in [-0.39, 0.29) is 17.1 Å². The Labute approximate surface area is 184 Å². The topological polar surface area (TPSA) is 124 Å². The number of carbonyl (C=O) groups is 2. The van der Waals surface area contributed by atoms with E-state index < -0.39 is 17.1 Å². The summed E-state index contributed by atoms with van der Waals surface area (Å²) < 4.78 is 5.14. The van der Waals surface area contributed by atoms with Crippen molar-refractivity contribution in [3.8, 4) is 17.2 Å². The first kappa shape index (κ1) is 24.8. The van der Waals surface area contributed by atoms with E-state index in [1.807, 2.05) is 0 Å². The first-order chi connectivity index (χ1) is 14.6. The number of phenols is 3. The summed E-state index contributed by atoms with van der Waals surface area (Å²) in [5.41, 5.74) is 0.222. The fourth-order valence-electron chi connectivity index (χ4n) is 3.92. The van der Waals surface area contributed by atoms with E-state index >= 15 is 0 Å². The van der Waals surface area contributed by atoms with Gasteiger partial charge in [-0.2, -0.15) is 0 Å². The molecule has 31 heavy (non-hydrogen) atoms. The molecule has 4 N–H and O–H groups in total. The Morgan fingerprint density at radius 1 is 0.968 bits per heavy atom. The molecule has 0 radical (unpaired) electrons. The Balaban J connectivity index is 1.81. The van der Waals surface area contributed by atoms with Crippen LogP contribution in [-0.2, 0) is 27.2 Å². The van der Waals surface area contributed by atoms with E-state index in [1.165, 1.54) is 0 Å². The third kappa shape index (κ3) is 7.04. The molecule has 7 heteroatoms. The molecule has 1 aliphatic carbocycles. The van der Waals surface area contributed by atoms with Crippen LogP contribution in [0, 0.1) is 5.41 Å². The van der Waals surface area contributed by atoms with Crippen LogP contribution in [0.4, 0.5) is 0 Å². The first-order valence-electron chi connectivity index (χ1n) is 11.2. The predicted octanol–water partition coefficient (Wildman–Crippen LogP) is 4.83. The summed E-state index contributed by atoms with van der Waals surface area (Å²) in [5, 5.41) is 39.6. The lowest BCUT2D eigenvalue weighted by Gasteiger charge is -2.18. The van der Waals surface area contributed by atoms with E-state index in [2.05, 4.69) is 0 Å². The highest BCUT2D eigenvalue weighted by Crippen LogP contribution is 2.44.